The zero-order valence-corrected chi connectivity index (χ0v) is 13.0. The Kier molecular flexibility index (Phi) is 2.79. The van der Waals surface area contributed by atoms with Gasteiger partial charge in [0.25, 0.3) is 0 Å². The van der Waals surface area contributed by atoms with E-state index in [1.165, 1.54) is 12.1 Å². The third kappa shape index (κ3) is 1.77. The van der Waals surface area contributed by atoms with Crippen molar-refractivity contribution in [2.24, 2.45) is 0 Å². The summed E-state index contributed by atoms with van der Waals surface area (Å²) in [5.41, 5.74) is -2.39. The van der Waals surface area contributed by atoms with Crippen molar-refractivity contribution in [3.8, 4) is 22.3 Å². The van der Waals surface area contributed by atoms with E-state index in [0.717, 1.165) is 0 Å². The minimum absolute atomic E-state index is 0.219. The van der Waals surface area contributed by atoms with Crippen LogP contribution >= 0.6 is 0 Å². The van der Waals surface area contributed by atoms with Crippen LogP contribution in [0.2, 0.25) is 0 Å². The molecule has 0 saturated heterocycles. The smallest absolute Gasteiger partial charge is 0.166 e. The zero-order chi connectivity index (χ0) is 18.4. The fraction of sp³-hybridized carbons (Fsp3) is 0.200. The number of halogens is 6. The van der Waals surface area contributed by atoms with E-state index in [1.807, 2.05) is 0 Å². The number of benzene rings is 2. The molecule has 132 valence electrons. The maximum Gasteiger partial charge on any atom is 0.417 e. The van der Waals surface area contributed by atoms with E-state index in [-0.39, 0.29) is 33.4 Å². The molecule has 0 fully saturated rings. The Morgan fingerprint density at radius 2 is 1.00 bits per heavy atom. The molecule has 6 heteroatoms. The second-order valence-corrected chi connectivity index (χ2v) is 6.69. The molecular formula is C20H10F6. The molecule has 0 amide bonds. The van der Waals surface area contributed by atoms with E-state index in [9.17, 15) is 26.3 Å². The molecule has 2 aromatic rings. The van der Waals surface area contributed by atoms with E-state index in [0.29, 0.717) is 0 Å². The van der Waals surface area contributed by atoms with Gasteiger partial charge in [0, 0.05) is 23.0 Å². The maximum atomic E-state index is 13.9. The van der Waals surface area contributed by atoms with Gasteiger partial charge in [0.05, 0.1) is 11.1 Å². The minimum Gasteiger partial charge on any atom is -0.166 e. The van der Waals surface area contributed by atoms with Gasteiger partial charge in [0.1, 0.15) is 0 Å². The predicted octanol–water partition coefficient (Wildman–Crippen LogP) is 6.68. The Labute approximate surface area is 144 Å². The van der Waals surface area contributed by atoms with Crippen molar-refractivity contribution >= 4 is 0 Å². The Morgan fingerprint density at radius 1 is 0.615 bits per heavy atom. The third-order valence-corrected chi connectivity index (χ3v) is 5.41. The van der Waals surface area contributed by atoms with Crippen LogP contribution in [0.4, 0.5) is 26.3 Å². The van der Waals surface area contributed by atoms with E-state index in [4.69, 9.17) is 0 Å². The molecule has 3 aliphatic carbocycles. The second-order valence-electron chi connectivity index (χ2n) is 6.69. The van der Waals surface area contributed by atoms with Crippen molar-refractivity contribution < 1.29 is 26.3 Å². The summed E-state index contributed by atoms with van der Waals surface area (Å²) < 4.78 is 83.4. The zero-order valence-electron chi connectivity index (χ0n) is 13.0. The van der Waals surface area contributed by atoms with E-state index in [1.54, 1.807) is 36.4 Å². The lowest BCUT2D eigenvalue weighted by atomic mass is 9.58. The van der Waals surface area contributed by atoms with Crippen molar-refractivity contribution in [2.75, 3.05) is 0 Å². The third-order valence-electron chi connectivity index (χ3n) is 5.41. The molecule has 0 aliphatic heterocycles. The van der Waals surface area contributed by atoms with Gasteiger partial charge in [-0.15, -0.1) is 0 Å². The summed E-state index contributed by atoms with van der Waals surface area (Å²) in [6.07, 6.45) is -3.15. The van der Waals surface area contributed by atoms with Gasteiger partial charge >= 0.3 is 12.4 Å². The van der Waals surface area contributed by atoms with Gasteiger partial charge in [-0.05, 0) is 22.3 Å². The number of alkyl halides is 6. The lowest BCUT2D eigenvalue weighted by molar-refractivity contribution is -0.142. The first-order valence-corrected chi connectivity index (χ1v) is 8.04. The van der Waals surface area contributed by atoms with Crippen LogP contribution in [-0.2, 0) is 12.4 Å². The molecule has 2 aromatic carbocycles. The Hall–Kier alpha value is -2.50. The topological polar surface area (TPSA) is 0 Å². The van der Waals surface area contributed by atoms with Gasteiger partial charge in [-0.1, -0.05) is 48.6 Å². The largest absolute Gasteiger partial charge is 0.417 e. The predicted molar refractivity (Wildman–Crippen MR) is 84.6 cm³/mol. The van der Waals surface area contributed by atoms with Crippen LogP contribution in [0.5, 0.6) is 0 Å². The molecule has 0 bridgehead atoms. The molecule has 3 aliphatic rings. The van der Waals surface area contributed by atoms with Crippen LogP contribution < -0.4 is 0 Å². The van der Waals surface area contributed by atoms with Gasteiger partial charge in [-0.2, -0.15) is 26.3 Å². The first kappa shape index (κ1) is 15.7. The van der Waals surface area contributed by atoms with Crippen LogP contribution in [0.3, 0.4) is 0 Å². The molecule has 0 saturated carbocycles. The number of rotatable bonds is 0. The highest BCUT2D eigenvalue weighted by atomic mass is 19.4. The second kappa shape index (κ2) is 4.61. The van der Waals surface area contributed by atoms with Gasteiger partial charge in [0.2, 0.25) is 0 Å². The lowest BCUT2D eigenvalue weighted by Gasteiger charge is -2.46. The molecular weight excluding hydrogens is 354 g/mol. The van der Waals surface area contributed by atoms with Crippen molar-refractivity contribution in [3.05, 3.63) is 70.8 Å². The Morgan fingerprint density at radius 3 is 1.35 bits per heavy atom. The Bertz CT molecular complexity index is 938. The van der Waals surface area contributed by atoms with Crippen LogP contribution in [0, 0.1) is 0 Å². The summed E-state index contributed by atoms with van der Waals surface area (Å²) in [4.78, 5) is 0. The minimum atomic E-state index is -4.72. The van der Waals surface area contributed by atoms with E-state index in [2.05, 4.69) is 0 Å². The molecule has 0 spiro atoms. The molecule has 0 aromatic heterocycles. The summed E-state index contributed by atoms with van der Waals surface area (Å²) in [5, 5.41) is 0. The summed E-state index contributed by atoms with van der Waals surface area (Å²) in [6.45, 7) is 0. The van der Waals surface area contributed by atoms with E-state index >= 15 is 0 Å². The maximum absolute atomic E-state index is 13.9. The lowest BCUT2D eigenvalue weighted by Crippen LogP contribution is -2.34. The Balaban J connectivity index is 1.94. The van der Waals surface area contributed by atoms with Crippen molar-refractivity contribution in [1.82, 2.24) is 0 Å². The molecule has 26 heavy (non-hydrogen) atoms. The van der Waals surface area contributed by atoms with Crippen LogP contribution in [0.15, 0.2) is 48.6 Å². The fourth-order valence-electron chi connectivity index (χ4n) is 4.53. The fourth-order valence-corrected chi connectivity index (χ4v) is 4.53. The van der Waals surface area contributed by atoms with Gasteiger partial charge in [-0.3, -0.25) is 0 Å². The number of fused-ring (bicyclic) bond motifs is 8. The molecule has 2 unspecified atom stereocenters. The summed E-state index contributed by atoms with van der Waals surface area (Å²) in [7, 11) is 0. The van der Waals surface area contributed by atoms with Crippen molar-refractivity contribution in [3.63, 3.8) is 0 Å². The normalized spacial score (nSPS) is 21.9. The summed E-state index contributed by atoms with van der Waals surface area (Å²) in [6, 6.07) is 5.99. The van der Waals surface area contributed by atoms with Gasteiger partial charge < -0.3 is 0 Å². The molecule has 0 N–H and O–H groups in total. The molecule has 0 radical (unpaired) electrons. The average Bonchev–Trinajstić information content (AvgIpc) is 2.53. The van der Waals surface area contributed by atoms with Gasteiger partial charge in [0.15, 0.2) is 0 Å². The molecule has 2 atom stereocenters. The monoisotopic (exact) mass is 364 g/mol. The van der Waals surface area contributed by atoms with Crippen LogP contribution in [0.25, 0.3) is 22.3 Å². The van der Waals surface area contributed by atoms with E-state index < -0.39 is 35.3 Å². The molecule has 0 heterocycles. The highest BCUT2D eigenvalue weighted by molar-refractivity contribution is 6.07. The number of hydrogen-bond donors (Lipinski definition) is 0. The van der Waals surface area contributed by atoms with Gasteiger partial charge in [-0.25, -0.2) is 0 Å². The standard InChI is InChI=1S/C20H10F6/c21-19(22,23)17-13-9-5-1-2-6-10(9)14(13)18(20(24,25)26)16-12-8-4-3-7-11(12)15(16)17/h1-10H. The first-order chi connectivity index (χ1) is 12.2. The van der Waals surface area contributed by atoms with Crippen molar-refractivity contribution in [2.45, 2.75) is 24.2 Å². The number of allylic oxidation sites excluding steroid dienone is 4. The highest BCUT2D eigenvalue weighted by Crippen LogP contribution is 2.66. The average molecular weight is 364 g/mol. The molecule has 0 nitrogen and oxygen atoms in total. The summed E-state index contributed by atoms with van der Waals surface area (Å²) >= 11 is 0. The quantitative estimate of drug-likeness (QED) is 0.390. The molecule has 5 rings (SSSR count). The SMILES string of the molecule is FC(F)(F)c1c2c(c(C(F)(F)F)c3c1C1C=CC=CC31)-c1ccccc1-2. The summed E-state index contributed by atoms with van der Waals surface area (Å²) in [5.74, 6) is -1.32. The first-order valence-electron chi connectivity index (χ1n) is 8.04. The highest BCUT2D eigenvalue weighted by Gasteiger charge is 2.55. The van der Waals surface area contributed by atoms with Crippen LogP contribution in [0.1, 0.15) is 34.1 Å². The number of hydrogen-bond acceptors (Lipinski definition) is 0. The van der Waals surface area contributed by atoms with Crippen molar-refractivity contribution in [1.29, 1.82) is 0 Å². The van der Waals surface area contributed by atoms with Crippen LogP contribution in [-0.4, -0.2) is 0 Å².